The van der Waals surface area contributed by atoms with Crippen LogP contribution in [0.4, 0.5) is 0 Å². The third-order valence-electron chi connectivity index (χ3n) is 4.29. The van der Waals surface area contributed by atoms with Gasteiger partial charge in [-0.2, -0.15) is 0 Å². The average molecular weight is 245 g/mol. The summed E-state index contributed by atoms with van der Waals surface area (Å²) in [7, 11) is 0. The van der Waals surface area contributed by atoms with E-state index in [9.17, 15) is 0 Å². The van der Waals surface area contributed by atoms with Crippen LogP contribution in [0.5, 0.6) is 0 Å². The molecule has 0 N–H and O–H groups in total. The predicted molar refractivity (Wildman–Crippen MR) is 86.5 cm³/mol. The molecule has 1 rings (SSSR count). The molecule has 1 nitrogen and oxygen atoms in total. The monoisotopic (exact) mass is 245 g/mol. The molecule has 0 amide bonds. The lowest BCUT2D eigenvalue weighted by molar-refractivity contribution is 0.465. The Hall–Kier alpha value is -0.430. The fourth-order valence-corrected chi connectivity index (χ4v) is 3.60. The van der Waals surface area contributed by atoms with Crippen LogP contribution in [0, 0.1) is 5.92 Å². The molecule has 0 radical (unpaired) electrons. The van der Waals surface area contributed by atoms with E-state index in [-0.39, 0.29) is 0 Å². The van der Waals surface area contributed by atoms with Gasteiger partial charge in [0, 0.05) is 0 Å². The summed E-state index contributed by atoms with van der Waals surface area (Å²) in [6.07, 6.45) is 9.11. The number of rotatable bonds is 6. The van der Waals surface area contributed by atoms with Crippen molar-refractivity contribution in [2.24, 2.45) is 5.92 Å². The number of hydrogen-bond acceptors (Lipinski definition) is 1. The fraction of sp³-hybridized carbons (Fsp3) is 0.733. The molecule has 1 heterocycles. The molecule has 0 aliphatic carbocycles. The zero-order valence-corrected chi connectivity index (χ0v) is 12.7. The first-order chi connectivity index (χ1) is 8.51. The average Bonchev–Trinajstić information content (AvgIpc) is 2.28. The van der Waals surface area contributed by atoms with Crippen molar-refractivity contribution in [2.75, 3.05) is 0 Å². The lowest BCUT2D eigenvalue weighted by Gasteiger charge is -2.46. The summed E-state index contributed by atoms with van der Waals surface area (Å²) in [4.78, 5) is 0. The van der Waals surface area contributed by atoms with E-state index in [2.05, 4.69) is 57.7 Å². The topological polar surface area (TPSA) is 3.24 Å². The molecular formula is C15H29B2N. The van der Waals surface area contributed by atoms with E-state index in [1.54, 1.807) is 0 Å². The van der Waals surface area contributed by atoms with Crippen molar-refractivity contribution in [2.45, 2.75) is 64.9 Å². The Morgan fingerprint density at radius 3 is 2.28 bits per heavy atom. The Morgan fingerprint density at radius 2 is 1.83 bits per heavy atom. The molecule has 0 bridgehead atoms. The van der Waals surface area contributed by atoms with Gasteiger partial charge in [0.05, 0.1) is 0 Å². The van der Waals surface area contributed by atoms with Gasteiger partial charge in [-0.25, -0.2) is 0 Å². The summed E-state index contributed by atoms with van der Waals surface area (Å²) in [6, 6.07) is 0.632. The number of allylic oxidation sites excluding steroid dienone is 2. The smallest absolute Gasteiger partial charge is 0.216 e. The second-order valence-corrected chi connectivity index (χ2v) is 6.39. The second kappa shape index (κ2) is 7.23. The molecule has 0 aromatic rings. The molecule has 0 aromatic heterocycles. The molecule has 1 fully saturated rings. The normalized spacial score (nSPS) is 21.8. The highest BCUT2D eigenvalue weighted by Gasteiger charge is 2.41. The highest BCUT2D eigenvalue weighted by Crippen LogP contribution is 2.35. The number of nitrogens with zero attached hydrogens (tertiary/aromatic N) is 1. The Bertz CT molecular complexity index is 276. The van der Waals surface area contributed by atoms with Crippen LogP contribution in [0.3, 0.4) is 0 Å². The van der Waals surface area contributed by atoms with E-state index in [0.717, 1.165) is 18.1 Å². The summed E-state index contributed by atoms with van der Waals surface area (Å²) in [6.45, 7) is 18.6. The van der Waals surface area contributed by atoms with Crippen molar-refractivity contribution < 1.29 is 0 Å². The van der Waals surface area contributed by atoms with Gasteiger partial charge in [-0.3, -0.25) is 0 Å². The van der Waals surface area contributed by atoms with Crippen LogP contribution in [0.1, 0.15) is 34.1 Å². The van der Waals surface area contributed by atoms with E-state index in [1.807, 2.05) is 0 Å². The van der Waals surface area contributed by atoms with Crippen LogP contribution in [0.2, 0.25) is 24.8 Å². The Balaban J connectivity index is 2.88. The maximum atomic E-state index is 3.94. The fourth-order valence-electron chi connectivity index (χ4n) is 3.60. The standard InChI is InChI=1S/C15H29B2N/c1-7-9-15-11-16(10-8-2)18(14(5)6)17(12-15)13(3)4/h7-8,13-15H,1-2,9-12H2,3-6H3. The first-order valence-corrected chi connectivity index (χ1v) is 7.50. The predicted octanol–water partition coefficient (Wildman–Crippen LogP) is 4.48. The quantitative estimate of drug-likeness (QED) is 0.492. The summed E-state index contributed by atoms with van der Waals surface area (Å²) in [5.41, 5.74) is 0. The van der Waals surface area contributed by atoms with Crippen molar-refractivity contribution in [3.05, 3.63) is 25.3 Å². The highest BCUT2D eigenvalue weighted by atomic mass is 15.0. The SMILES string of the molecule is C=CCB1CC(CC=C)CB(C(C)C)N1C(C)C. The summed E-state index contributed by atoms with van der Waals surface area (Å²) >= 11 is 0. The van der Waals surface area contributed by atoms with Gasteiger partial charge in [-0.1, -0.05) is 58.3 Å². The molecule has 3 heteroatoms. The third kappa shape index (κ3) is 3.78. The highest BCUT2D eigenvalue weighted by molar-refractivity contribution is 6.75. The van der Waals surface area contributed by atoms with E-state index >= 15 is 0 Å². The van der Waals surface area contributed by atoms with Gasteiger partial charge in [0.1, 0.15) is 0 Å². The van der Waals surface area contributed by atoms with Crippen LogP contribution in [-0.4, -0.2) is 24.5 Å². The van der Waals surface area contributed by atoms with E-state index < -0.39 is 0 Å². The summed E-state index contributed by atoms with van der Waals surface area (Å²) in [5, 5.41) is 0. The maximum Gasteiger partial charge on any atom is 0.216 e. The minimum atomic E-state index is 0.632. The van der Waals surface area contributed by atoms with Gasteiger partial charge in [-0.15, -0.1) is 13.2 Å². The molecule has 1 atom stereocenters. The van der Waals surface area contributed by atoms with Gasteiger partial charge in [0.2, 0.25) is 13.7 Å². The lowest BCUT2D eigenvalue weighted by atomic mass is 9.31. The Morgan fingerprint density at radius 1 is 1.17 bits per heavy atom. The van der Waals surface area contributed by atoms with Crippen LogP contribution in [-0.2, 0) is 0 Å². The van der Waals surface area contributed by atoms with Crippen molar-refractivity contribution in [1.82, 2.24) is 4.72 Å². The molecule has 1 saturated heterocycles. The first kappa shape index (κ1) is 15.6. The van der Waals surface area contributed by atoms with Gasteiger partial charge < -0.3 is 4.72 Å². The second-order valence-electron chi connectivity index (χ2n) is 6.39. The molecule has 0 aromatic carbocycles. The van der Waals surface area contributed by atoms with Crippen molar-refractivity contribution >= 4 is 13.7 Å². The lowest BCUT2D eigenvalue weighted by Crippen LogP contribution is -2.58. The van der Waals surface area contributed by atoms with Crippen LogP contribution < -0.4 is 0 Å². The van der Waals surface area contributed by atoms with Crippen LogP contribution in [0.25, 0.3) is 0 Å². The van der Waals surface area contributed by atoms with Gasteiger partial charge in [0.15, 0.2) is 0 Å². The van der Waals surface area contributed by atoms with Crippen LogP contribution in [0.15, 0.2) is 25.3 Å². The molecule has 18 heavy (non-hydrogen) atoms. The zero-order chi connectivity index (χ0) is 13.7. The summed E-state index contributed by atoms with van der Waals surface area (Å²) < 4.78 is 2.74. The molecular weight excluding hydrogens is 216 g/mol. The zero-order valence-electron chi connectivity index (χ0n) is 12.7. The number of hydrogen-bond donors (Lipinski definition) is 0. The van der Waals surface area contributed by atoms with Gasteiger partial charge in [-0.05, 0) is 24.7 Å². The summed E-state index contributed by atoms with van der Waals surface area (Å²) in [5.74, 6) is 1.54. The molecule has 100 valence electrons. The molecule has 0 spiro atoms. The third-order valence-corrected chi connectivity index (χ3v) is 4.29. The molecule has 0 saturated carbocycles. The first-order valence-electron chi connectivity index (χ1n) is 7.50. The van der Waals surface area contributed by atoms with E-state index in [4.69, 9.17) is 0 Å². The Kier molecular flexibility index (Phi) is 6.28. The van der Waals surface area contributed by atoms with Gasteiger partial charge in [0.25, 0.3) is 0 Å². The van der Waals surface area contributed by atoms with Crippen LogP contribution >= 0.6 is 0 Å². The maximum absolute atomic E-state index is 3.94. The van der Waals surface area contributed by atoms with Gasteiger partial charge >= 0.3 is 0 Å². The van der Waals surface area contributed by atoms with Crippen molar-refractivity contribution in [3.63, 3.8) is 0 Å². The van der Waals surface area contributed by atoms with Crippen molar-refractivity contribution in [3.8, 4) is 0 Å². The minimum Gasteiger partial charge on any atom is -0.381 e. The van der Waals surface area contributed by atoms with Crippen molar-refractivity contribution in [1.29, 1.82) is 0 Å². The largest absolute Gasteiger partial charge is 0.381 e. The molecule has 1 aliphatic heterocycles. The van der Waals surface area contributed by atoms with E-state index in [1.165, 1.54) is 19.1 Å². The Labute approximate surface area is 115 Å². The minimum absolute atomic E-state index is 0.632. The molecule has 1 unspecified atom stereocenters. The molecule has 1 aliphatic rings. The van der Waals surface area contributed by atoms with E-state index in [0.29, 0.717) is 19.7 Å².